The number of hydrogen-bond acceptors (Lipinski definition) is 3. The molecule has 0 aliphatic rings. The molecule has 0 aliphatic heterocycles. The maximum Gasteiger partial charge on any atom is 0.248 e. The Bertz CT molecular complexity index is 3210. The molecule has 11 aromatic rings. The number of benzene rings is 8. The molecule has 0 saturated carbocycles. The van der Waals surface area contributed by atoms with Gasteiger partial charge in [-0.25, -0.2) is 0 Å². The summed E-state index contributed by atoms with van der Waals surface area (Å²) in [6, 6.07) is 68.3. The monoisotopic (exact) mass is 704 g/mol. The van der Waals surface area contributed by atoms with Gasteiger partial charge in [-0.2, -0.15) is 0 Å². The number of nitrogens with zero attached hydrogens (tertiary/aromatic N) is 4. The summed E-state index contributed by atoms with van der Waals surface area (Å²) >= 11 is 0. The molecule has 0 amide bonds. The predicted octanol–water partition coefficient (Wildman–Crippen LogP) is 12.9. The summed E-state index contributed by atoms with van der Waals surface area (Å²) in [5, 5.41) is 13.8. The minimum atomic E-state index is 0.483. The van der Waals surface area contributed by atoms with Crippen molar-refractivity contribution < 1.29 is 4.42 Å². The Balaban J connectivity index is 1.02. The maximum absolute atomic E-state index is 6.58. The van der Waals surface area contributed by atoms with Crippen LogP contribution in [-0.2, 0) is 0 Å². The highest BCUT2D eigenvalue weighted by molar-refractivity contribution is 6.15. The summed E-state index contributed by atoms with van der Waals surface area (Å²) in [7, 11) is 0. The van der Waals surface area contributed by atoms with Gasteiger partial charge in [-0.1, -0.05) is 127 Å². The van der Waals surface area contributed by atoms with E-state index in [0.717, 1.165) is 66.1 Å². The topological polar surface area (TPSA) is 48.8 Å². The highest BCUT2D eigenvalue weighted by Crippen LogP contribution is 2.40. The largest absolute Gasteiger partial charge is 0.416 e. The van der Waals surface area contributed by atoms with E-state index in [9.17, 15) is 0 Å². The van der Waals surface area contributed by atoms with Crippen LogP contribution in [0.1, 0.15) is 0 Å². The normalized spacial score (nSPS) is 11.6. The van der Waals surface area contributed by atoms with E-state index in [-0.39, 0.29) is 0 Å². The fourth-order valence-electron chi connectivity index (χ4n) is 8.22. The Kier molecular flexibility index (Phi) is 7.10. The summed E-state index contributed by atoms with van der Waals surface area (Å²) in [5.41, 5.74) is 13.2. The minimum absolute atomic E-state index is 0.483. The Hall–Kier alpha value is -7.50. The van der Waals surface area contributed by atoms with E-state index in [1.807, 2.05) is 0 Å². The Morgan fingerprint density at radius 3 is 1.53 bits per heavy atom. The summed E-state index contributed by atoms with van der Waals surface area (Å²) in [5.74, 6) is 0.970. The lowest BCUT2D eigenvalue weighted by atomic mass is 10.1. The van der Waals surface area contributed by atoms with Crippen LogP contribution < -0.4 is 0 Å². The first-order valence-electron chi connectivity index (χ1n) is 18.5. The van der Waals surface area contributed by atoms with Gasteiger partial charge in [-0.05, 0) is 89.0 Å². The average Bonchev–Trinajstić information content (AvgIpc) is 3.98. The molecule has 258 valence electrons. The zero-order chi connectivity index (χ0) is 36.3. The average molecular weight is 705 g/mol. The van der Waals surface area contributed by atoms with Crippen LogP contribution in [0.3, 0.4) is 0 Å². The molecule has 0 spiro atoms. The third kappa shape index (κ3) is 5.09. The number of hydrogen-bond donors (Lipinski definition) is 0. The second kappa shape index (κ2) is 12.6. The van der Waals surface area contributed by atoms with Gasteiger partial charge >= 0.3 is 0 Å². The summed E-state index contributed by atoms with van der Waals surface area (Å²) in [4.78, 5) is 0. The lowest BCUT2D eigenvalue weighted by Crippen LogP contribution is -1.94. The summed E-state index contributed by atoms with van der Waals surface area (Å²) < 4.78 is 11.3. The highest BCUT2D eigenvalue weighted by atomic mass is 16.4. The predicted molar refractivity (Wildman–Crippen MR) is 225 cm³/mol. The van der Waals surface area contributed by atoms with Crippen molar-refractivity contribution in [3.8, 4) is 56.5 Å². The molecule has 8 aromatic carbocycles. The van der Waals surface area contributed by atoms with E-state index in [0.29, 0.717) is 11.8 Å². The molecule has 0 N–H and O–H groups in total. The number of fused-ring (bicyclic) bond motifs is 6. The second-order valence-electron chi connectivity index (χ2n) is 13.9. The van der Waals surface area contributed by atoms with Gasteiger partial charge in [-0.3, -0.25) is 0 Å². The number of aromatic nitrogens is 4. The highest BCUT2D eigenvalue weighted by Gasteiger charge is 2.21. The van der Waals surface area contributed by atoms with Gasteiger partial charge in [0, 0.05) is 44.0 Å². The van der Waals surface area contributed by atoms with Gasteiger partial charge in [0.25, 0.3) is 0 Å². The van der Waals surface area contributed by atoms with E-state index in [2.05, 4.69) is 213 Å². The van der Waals surface area contributed by atoms with Crippen molar-refractivity contribution in [2.45, 2.75) is 0 Å². The van der Waals surface area contributed by atoms with Crippen LogP contribution >= 0.6 is 0 Å². The first-order chi connectivity index (χ1) is 27.3. The SMILES string of the molecule is c1ccc(-c2cccc(-n3c4ccccc4c4cc(-c5nnc(-c6cccc7c6c6ccccc6n7-c6cccc(-c7ccccc7)c6)o5)ccc43)c2)cc1. The van der Waals surface area contributed by atoms with E-state index >= 15 is 0 Å². The molecule has 55 heavy (non-hydrogen) atoms. The lowest BCUT2D eigenvalue weighted by Gasteiger charge is -2.10. The van der Waals surface area contributed by atoms with Crippen molar-refractivity contribution in [2.75, 3.05) is 0 Å². The van der Waals surface area contributed by atoms with Crippen LogP contribution in [0.25, 0.3) is 100 Å². The molecule has 3 heterocycles. The molecule has 5 heteroatoms. The fraction of sp³-hybridized carbons (Fsp3) is 0. The van der Waals surface area contributed by atoms with E-state index < -0.39 is 0 Å². The van der Waals surface area contributed by atoms with Gasteiger partial charge < -0.3 is 13.6 Å². The van der Waals surface area contributed by atoms with Gasteiger partial charge in [0.1, 0.15) is 0 Å². The van der Waals surface area contributed by atoms with Crippen molar-refractivity contribution in [3.63, 3.8) is 0 Å². The van der Waals surface area contributed by atoms with E-state index in [1.54, 1.807) is 0 Å². The van der Waals surface area contributed by atoms with Gasteiger partial charge in [0.2, 0.25) is 11.8 Å². The first-order valence-corrected chi connectivity index (χ1v) is 18.5. The minimum Gasteiger partial charge on any atom is -0.416 e. The standard InChI is InChI=1S/C50H32N4O/c1-3-14-33(15-4-1)35-18-11-20-38(30-35)53-44-25-9-7-22-40(44)43-32-37(28-29-46(43)53)49-51-52-50(55-49)42-24-13-27-47-48(42)41-23-8-10-26-45(41)54(47)39-21-12-19-36(31-39)34-16-5-2-6-17-34/h1-32H. The molecule has 5 nitrogen and oxygen atoms in total. The number of rotatable bonds is 6. The second-order valence-corrected chi connectivity index (χ2v) is 13.9. The Labute approximate surface area is 317 Å². The van der Waals surface area contributed by atoms with Crippen LogP contribution in [0.5, 0.6) is 0 Å². The molecular weight excluding hydrogens is 673 g/mol. The van der Waals surface area contributed by atoms with E-state index in [4.69, 9.17) is 4.42 Å². The third-order valence-electron chi connectivity index (χ3n) is 10.7. The Morgan fingerprint density at radius 1 is 0.327 bits per heavy atom. The molecule has 11 rings (SSSR count). The van der Waals surface area contributed by atoms with Crippen LogP contribution in [0.15, 0.2) is 199 Å². The van der Waals surface area contributed by atoms with Gasteiger partial charge in [0.05, 0.1) is 22.1 Å². The van der Waals surface area contributed by atoms with Crippen molar-refractivity contribution in [2.24, 2.45) is 0 Å². The molecule has 0 saturated heterocycles. The molecular formula is C50H32N4O. The zero-order valence-electron chi connectivity index (χ0n) is 29.7. The first kappa shape index (κ1) is 31.1. The van der Waals surface area contributed by atoms with Gasteiger partial charge in [-0.15, -0.1) is 10.2 Å². The molecule has 3 aromatic heterocycles. The molecule has 0 bridgehead atoms. The molecule has 0 unspecified atom stereocenters. The molecule has 0 atom stereocenters. The molecule has 0 fully saturated rings. The van der Waals surface area contributed by atoms with Crippen molar-refractivity contribution >= 4 is 43.6 Å². The summed E-state index contributed by atoms with van der Waals surface area (Å²) in [6.45, 7) is 0. The molecule has 0 radical (unpaired) electrons. The van der Waals surface area contributed by atoms with Gasteiger partial charge in [0.15, 0.2) is 0 Å². The van der Waals surface area contributed by atoms with Crippen LogP contribution in [0, 0.1) is 0 Å². The van der Waals surface area contributed by atoms with Crippen molar-refractivity contribution in [3.05, 3.63) is 194 Å². The van der Waals surface area contributed by atoms with Crippen molar-refractivity contribution in [1.29, 1.82) is 0 Å². The number of para-hydroxylation sites is 2. The summed E-state index contributed by atoms with van der Waals surface area (Å²) in [6.07, 6.45) is 0. The third-order valence-corrected chi connectivity index (χ3v) is 10.7. The Morgan fingerprint density at radius 2 is 0.836 bits per heavy atom. The smallest absolute Gasteiger partial charge is 0.248 e. The van der Waals surface area contributed by atoms with Crippen LogP contribution in [0.4, 0.5) is 0 Å². The maximum atomic E-state index is 6.58. The van der Waals surface area contributed by atoms with E-state index in [1.165, 1.54) is 22.3 Å². The quantitative estimate of drug-likeness (QED) is 0.173. The van der Waals surface area contributed by atoms with Crippen LogP contribution in [-0.4, -0.2) is 19.3 Å². The van der Waals surface area contributed by atoms with Crippen molar-refractivity contribution in [1.82, 2.24) is 19.3 Å². The lowest BCUT2D eigenvalue weighted by molar-refractivity contribution is 0.585. The zero-order valence-corrected chi connectivity index (χ0v) is 29.7. The fourth-order valence-corrected chi connectivity index (χ4v) is 8.22. The molecule has 0 aliphatic carbocycles. The van der Waals surface area contributed by atoms with Crippen LogP contribution in [0.2, 0.25) is 0 Å².